The van der Waals surface area contributed by atoms with Gasteiger partial charge in [-0.1, -0.05) is 22.0 Å². The van der Waals surface area contributed by atoms with Gasteiger partial charge in [-0.05, 0) is 37.0 Å². The minimum absolute atomic E-state index is 0.0415. The number of nitrogens with zero attached hydrogens (tertiary/aromatic N) is 1. The molecule has 0 bridgehead atoms. The van der Waals surface area contributed by atoms with Gasteiger partial charge in [0.2, 0.25) is 10.0 Å². The molecule has 18 heavy (non-hydrogen) atoms. The second-order valence-corrected chi connectivity index (χ2v) is 7.04. The van der Waals surface area contributed by atoms with E-state index >= 15 is 0 Å². The first kappa shape index (κ1) is 14.0. The van der Waals surface area contributed by atoms with Crippen LogP contribution in [0.25, 0.3) is 0 Å². The van der Waals surface area contributed by atoms with Crippen molar-refractivity contribution in [2.24, 2.45) is 5.92 Å². The molecule has 6 heteroatoms. The Bertz CT molecular complexity index is 513. The maximum absolute atomic E-state index is 13.1. The number of rotatable bonds is 3. The van der Waals surface area contributed by atoms with E-state index in [0.29, 0.717) is 19.0 Å². The molecule has 1 aliphatic rings. The molecule has 1 aromatic rings. The Labute approximate surface area is 115 Å². The minimum atomic E-state index is -3.54. The first-order valence-electron chi connectivity index (χ1n) is 5.85. The average Bonchev–Trinajstić information content (AvgIpc) is 2.39. The number of halogens is 2. The van der Waals surface area contributed by atoms with Crippen LogP contribution in [0.1, 0.15) is 12.8 Å². The quantitative estimate of drug-likeness (QED) is 0.796. The van der Waals surface area contributed by atoms with E-state index in [9.17, 15) is 12.8 Å². The summed E-state index contributed by atoms with van der Waals surface area (Å²) < 4.78 is 39.1. The number of alkyl halides is 1. The van der Waals surface area contributed by atoms with Crippen LogP contribution in [0, 0.1) is 11.7 Å². The Kier molecular flexibility index (Phi) is 4.40. The zero-order valence-corrected chi connectivity index (χ0v) is 12.3. The molecule has 100 valence electrons. The number of hydrogen-bond acceptors (Lipinski definition) is 2. The highest BCUT2D eigenvalue weighted by atomic mass is 79.9. The summed E-state index contributed by atoms with van der Waals surface area (Å²) in [7, 11) is -3.54. The summed E-state index contributed by atoms with van der Waals surface area (Å²) in [4.78, 5) is 0.0415. The van der Waals surface area contributed by atoms with Crippen LogP contribution < -0.4 is 0 Å². The molecular weight excluding hydrogens is 321 g/mol. The van der Waals surface area contributed by atoms with Crippen molar-refractivity contribution >= 4 is 26.0 Å². The van der Waals surface area contributed by atoms with Crippen molar-refractivity contribution in [1.82, 2.24) is 4.31 Å². The molecule has 1 saturated heterocycles. The predicted octanol–water partition coefficient (Wildman–Crippen LogP) is 2.62. The Morgan fingerprint density at radius 3 is 2.56 bits per heavy atom. The fourth-order valence-electron chi connectivity index (χ4n) is 2.08. The maximum atomic E-state index is 13.1. The number of benzene rings is 1. The molecule has 1 fully saturated rings. The molecule has 1 aliphatic heterocycles. The fraction of sp³-hybridized carbons (Fsp3) is 0.500. The van der Waals surface area contributed by atoms with Crippen LogP contribution in [0.2, 0.25) is 0 Å². The van der Waals surface area contributed by atoms with E-state index in [1.807, 2.05) is 0 Å². The van der Waals surface area contributed by atoms with Crippen molar-refractivity contribution in [3.05, 3.63) is 30.1 Å². The number of piperidine rings is 1. The molecule has 0 saturated carbocycles. The SMILES string of the molecule is O=S(=O)(c1cccc(F)c1)N1CCC(CBr)CC1. The highest BCUT2D eigenvalue weighted by molar-refractivity contribution is 9.09. The minimum Gasteiger partial charge on any atom is -0.207 e. The van der Waals surface area contributed by atoms with Crippen LogP contribution in [0.15, 0.2) is 29.2 Å². The molecule has 0 aromatic heterocycles. The Morgan fingerprint density at radius 1 is 1.33 bits per heavy atom. The number of sulfonamides is 1. The first-order valence-corrected chi connectivity index (χ1v) is 8.42. The van der Waals surface area contributed by atoms with Crippen LogP contribution in [-0.4, -0.2) is 31.1 Å². The summed E-state index contributed by atoms with van der Waals surface area (Å²) in [5, 5.41) is 0.904. The van der Waals surface area contributed by atoms with Gasteiger partial charge in [0.15, 0.2) is 0 Å². The second-order valence-electron chi connectivity index (χ2n) is 4.46. The Morgan fingerprint density at radius 2 is 2.00 bits per heavy atom. The third-order valence-electron chi connectivity index (χ3n) is 3.23. The second kappa shape index (κ2) is 5.67. The van der Waals surface area contributed by atoms with Crippen molar-refractivity contribution in [3.8, 4) is 0 Å². The zero-order valence-electron chi connectivity index (χ0n) is 9.85. The lowest BCUT2D eigenvalue weighted by molar-refractivity contribution is 0.292. The molecule has 0 amide bonds. The summed E-state index contributed by atoms with van der Waals surface area (Å²) in [6, 6.07) is 5.18. The highest BCUT2D eigenvalue weighted by Crippen LogP contribution is 2.24. The predicted molar refractivity (Wildman–Crippen MR) is 71.7 cm³/mol. The standard InChI is InChI=1S/C12H15BrFNO2S/c13-9-10-4-6-15(7-5-10)18(16,17)12-3-1-2-11(14)8-12/h1-3,8,10H,4-7,9H2. The lowest BCUT2D eigenvalue weighted by Gasteiger charge is -2.30. The van der Waals surface area contributed by atoms with Gasteiger partial charge in [0, 0.05) is 18.4 Å². The molecule has 3 nitrogen and oxygen atoms in total. The summed E-state index contributed by atoms with van der Waals surface area (Å²) in [6.07, 6.45) is 1.69. The van der Waals surface area contributed by atoms with Gasteiger partial charge in [0.25, 0.3) is 0 Å². The molecule has 1 heterocycles. The fourth-order valence-corrected chi connectivity index (χ4v) is 4.23. The van der Waals surface area contributed by atoms with Gasteiger partial charge in [-0.25, -0.2) is 12.8 Å². The lowest BCUT2D eigenvalue weighted by Crippen LogP contribution is -2.38. The summed E-state index contributed by atoms with van der Waals surface area (Å²) >= 11 is 3.42. The van der Waals surface area contributed by atoms with E-state index in [0.717, 1.165) is 24.2 Å². The third-order valence-corrected chi connectivity index (χ3v) is 6.04. The van der Waals surface area contributed by atoms with Crippen molar-refractivity contribution < 1.29 is 12.8 Å². The maximum Gasteiger partial charge on any atom is 0.243 e. The van der Waals surface area contributed by atoms with E-state index in [4.69, 9.17) is 0 Å². The lowest BCUT2D eigenvalue weighted by atomic mass is 10.0. The Hall–Kier alpha value is -0.460. The molecule has 0 radical (unpaired) electrons. The van der Waals surface area contributed by atoms with Crippen LogP contribution in [-0.2, 0) is 10.0 Å². The smallest absolute Gasteiger partial charge is 0.207 e. The summed E-state index contributed by atoms with van der Waals surface area (Å²) in [5.74, 6) is 0.00961. The molecule has 2 rings (SSSR count). The van der Waals surface area contributed by atoms with Gasteiger partial charge in [-0.2, -0.15) is 4.31 Å². The largest absolute Gasteiger partial charge is 0.243 e. The molecule has 0 N–H and O–H groups in total. The highest BCUT2D eigenvalue weighted by Gasteiger charge is 2.29. The first-order chi connectivity index (χ1) is 8.54. The molecule has 0 unspecified atom stereocenters. The normalized spacial score (nSPS) is 19.0. The third kappa shape index (κ3) is 2.92. The van der Waals surface area contributed by atoms with Gasteiger partial charge >= 0.3 is 0 Å². The van der Waals surface area contributed by atoms with Crippen LogP contribution in [0.4, 0.5) is 4.39 Å². The van der Waals surface area contributed by atoms with E-state index < -0.39 is 15.8 Å². The summed E-state index contributed by atoms with van der Waals surface area (Å²) in [6.45, 7) is 1.02. The number of hydrogen-bond donors (Lipinski definition) is 0. The van der Waals surface area contributed by atoms with Crippen LogP contribution in [0.5, 0.6) is 0 Å². The van der Waals surface area contributed by atoms with E-state index in [-0.39, 0.29) is 4.90 Å². The topological polar surface area (TPSA) is 37.4 Å². The van der Waals surface area contributed by atoms with Crippen LogP contribution >= 0.6 is 15.9 Å². The zero-order chi connectivity index (χ0) is 13.2. The van der Waals surface area contributed by atoms with Crippen molar-refractivity contribution in [2.75, 3.05) is 18.4 Å². The van der Waals surface area contributed by atoms with E-state index in [1.54, 1.807) is 0 Å². The monoisotopic (exact) mass is 335 g/mol. The Balaban J connectivity index is 2.17. The van der Waals surface area contributed by atoms with Crippen molar-refractivity contribution in [3.63, 3.8) is 0 Å². The van der Waals surface area contributed by atoms with Gasteiger partial charge in [-0.15, -0.1) is 0 Å². The van der Waals surface area contributed by atoms with Gasteiger partial charge in [0.05, 0.1) is 4.90 Å². The molecule has 0 aliphatic carbocycles. The van der Waals surface area contributed by atoms with Gasteiger partial charge in [-0.3, -0.25) is 0 Å². The summed E-state index contributed by atoms with van der Waals surface area (Å²) in [5.41, 5.74) is 0. The molecule has 0 spiro atoms. The van der Waals surface area contributed by atoms with Crippen molar-refractivity contribution in [1.29, 1.82) is 0 Å². The van der Waals surface area contributed by atoms with Crippen molar-refractivity contribution in [2.45, 2.75) is 17.7 Å². The molecular formula is C12H15BrFNO2S. The molecule has 1 aromatic carbocycles. The van der Waals surface area contributed by atoms with E-state index in [1.165, 1.54) is 22.5 Å². The van der Waals surface area contributed by atoms with Crippen LogP contribution in [0.3, 0.4) is 0 Å². The van der Waals surface area contributed by atoms with E-state index in [2.05, 4.69) is 15.9 Å². The van der Waals surface area contributed by atoms with Gasteiger partial charge in [0.1, 0.15) is 5.82 Å². The van der Waals surface area contributed by atoms with Gasteiger partial charge < -0.3 is 0 Å². The molecule has 0 atom stereocenters. The average molecular weight is 336 g/mol.